The Bertz CT molecular complexity index is 578. The van der Waals surface area contributed by atoms with E-state index in [1.54, 1.807) is 25.4 Å². The molecule has 2 N–H and O–H groups in total. The number of hydrogen-bond acceptors (Lipinski definition) is 2. The number of methoxy groups -OCH3 is 1. The zero-order valence-electron chi connectivity index (χ0n) is 13.3. The first-order valence-electron chi connectivity index (χ1n) is 7.59. The first-order valence-corrected chi connectivity index (χ1v) is 7.97. The predicted molar refractivity (Wildman–Crippen MR) is 90.6 cm³/mol. The molecule has 0 spiro atoms. The van der Waals surface area contributed by atoms with Crippen LogP contribution < -0.4 is 15.4 Å². The number of urea groups is 1. The largest absolute Gasteiger partial charge is 0.495 e. The number of carbonyl (C=O) groups excluding carboxylic acids is 1. The molecule has 22 heavy (non-hydrogen) atoms. The quantitative estimate of drug-likeness (QED) is 0.830. The van der Waals surface area contributed by atoms with Crippen molar-refractivity contribution in [3.63, 3.8) is 0 Å². The van der Waals surface area contributed by atoms with E-state index < -0.39 is 0 Å². The summed E-state index contributed by atoms with van der Waals surface area (Å²) in [5, 5.41) is 6.20. The molecular weight excluding hydrogens is 300 g/mol. The highest BCUT2D eigenvalue weighted by Gasteiger charge is 2.16. The van der Waals surface area contributed by atoms with Gasteiger partial charge in [-0.05, 0) is 44.2 Å². The summed E-state index contributed by atoms with van der Waals surface area (Å²) < 4.78 is 5.25. The lowest BCUT2D eigenvalue weighted by atomic mass is 10.0. The second-order valence-electron chi connectivity index (χ2n) is 5.77. The third-order valence-corrected chi connectivity index (χ3v) is 4.57. The molecule has 120 valence electrons. The lowest BCUT2D eigenvalue weighted by molar-refractivity contribution is 0.255. The van der Waals surface area contributed by atoms with Crippen LogP contribution in [0.3, 0.4) is 0 Å². The molecule has 1 aromatic carbocycles. The Morgan fingerprint density at radius 3 is 2.68 bits per heavy atom. The van der Waals surface area contributed by atoms with Crippen molar-refractivity contribution in [3.05, 3.63) is 34.5 Å². The van der Waals surface area contributed by atoms with Gasteiger partial charge in [-0.1, -0.05) is 30.0 Å². The van der Waals surface area contributed by atoms with Gasteiger partial charge in [-0.15, -0.1) is 0 Å². The molecule has 1 aliphatic rings. The van der Waals surface area contributed by atoms with Crippen molar-refractivity contribution in [2.24, 2.45) is 5.92 Å². The van der Waals surface area contributed by atoms with Crippen molar-refractivity contribution in [2.75, 3.05) is 12.4 Å². The summed E-state index contributed by atoms with van der Waals surface area (Å²) in [6.45, 7) is 3.96. The van der Waals surface area contributed by atoms with Gasteiger partial charge < -0.3 is 15.4 Å². The van der Waals surface area contributed by atoms with Crippen molar-refractivity contribution >= 4 is 23.3 Å². The van der Waals surface area contributed by atoms with Crippen molar-refractivity contribution < 1.29 is 9.53 Å². The van der Waals surface area contributed by atoms with Crippen LogP contribution >= 0.6 is 11.6 Å². The number of rotatable bonds is 4. The molecule has 0 radical (unpaired) electrons. The van der Waals surface area contributed by atoms with E-state index in [4.69, 9.17) is 16.3 Å². The fourth-order valence-corrected chi connectivity index (χ4v) is 2.92. The number of nitrogens with one attached hydrogen (secondary N) is 2. The summed E-state index contributed by atoms with van der Waals surface area (Å²) in [5.41, 5.74) is 2.72. The van der Waals surface area contributed by atoms with Crippen molar-refractivity contribution in [1.82, 2.24) is 5.32 Å². The highest BCUT2D eigenvalue weighted by Crippen LogP contribution is 2.31. The normalized spacial score (nSPS) is 15.7. The summed E-state index contributed by atoms with van der Waals surface area (Å²) in [7, 11) is 1.55. The Morgan fingerprint density at radius 1 is 1.36 bits per heavy atom. The molecule has 1 aliphatic carbocycles. The molecule has 0 unspecified atom stereocenters. The van der Waals surface area contributed by atoms with E-state index in [2.05, 4.69) is 17.6 Å². The van der Waals surface area contributed by atoms with Gasteiger partial charge in [0.25, 0.3) is 0 Å². The molecule has 0 saturated heterocycles. The molecule has 2 rings (SSSR count). The minimum Gasteiger partial charge on any atom is -0.495 e. The second kappa shape index (κ2) is 7.54. The molecule has 0 aromatic heterocycles. The number of allylic oxidation sites excluding steroid dienone is 1. The van der Waals surface area contributed by atoms with E-state index in [1.807, 2.05) is 6.92 Å². The molecule has 2 amide bonds. The van der Waals surface area contributed by atoms with Gasteiger partial charge >= 0.3 is 6.03 Å². The number of halogens is 1. The third kappa shape index (κ3) is 4.17. The summed E-state index contributed by atoms with van der Waals surface area (Å²) in [6.07, 6.45) is 6.80. The van der Waals surface area contributed by atoms with E-state index in [0.717, 1.165) is 5.56 Å². The lowest BCUT2D eigenvalue weighted by Gasteiger charge is -2.13. The smallest absolute Gasteiger partial charge is 0.323 e. The summed E-state index contributed by atoms with van der Waals surface area (Å²) in [6, 6.07) is 3.22. The maximum Gasteiger partial charge on any atom is 0.323 e. The minimum absolute atomic E-state index is 0.280. The number of benzene rings is 1. The van der Waals surface area contributed by atoms with Crippen LogP contribution in [0.5, 0.6) is 5.75 Å². The van der Waals surface area contributed by atoms with E-state index in [9.17, 15) is 4.79 Å². The zero-order chi connectivity index (χ0) is 16.1. The number of aryl methyl sites for hydroxylation is 1. The molecule has 0 atom stereocenters. The second-order valence-corrected chi connectivity index (χ2v) is 6.18. The summed E-state index contributed by atoms with van der Waals surface area (Å²) in [4.78, 5) is 12.0. The van der Waals surface area contributed by atoms with E-state index in [-0.39, 0.29) is 6.03 Å². The van der Waals surface area contributed by atoms with Gasteiger partial charge in [-0.2, -0.15) is 0 Å². The van der Waals surface area contributed by atoms with Gasteiger partial charge in [0.05, 0.1) is 12.8 Å². The maximum atomic E-state index is 12.0. The Hall–Kier alpha value is -1.68. The molecule has 0 bridgehead atoms. The van der Waals surface area contributed by atoms with Crippen molar-refractivity contribution in [3.8, 4) is 5.75 Å². The number of amides is 2. The van der Waals surface area contributed by atoms with Crippen LogP contribution in [0.2, 0.25) is 5.02 Å². The predicted octanol–water partition coefficient (Wildman–Crippen LogP) is 4.87. The number of ether oxygens (including phenoxy) is 1. The van der Waals surface area contributed by atoms with Crippen LogP contribution in [-0.2, 0) is 0 Å². The van der Waals surface area contributed by atoms with Crippen LogP contribution in [0.1, 0.15) is 38.2 Å². The van der Waals surface area contributed by atoms with E-state index in [1.165, 1.54) is 31.3 Å². The molecule has 0 heterocycles. The van der Waals surface area contributed by atoms with Gasteiger partial charge in [0.2, 0.25) is 0 Å². The third-order valence-electron chi connectivity index (χ3n) is 4.16. The van der Waals surface area contributed by atoms with Crippen molar-refractivity contribution in [1.29, 1.82) is 0 Å². The molecular formula is C17H23ClN2O2. The van der Waals surface area contributed by atoms with E-state index >= 15 is 0 Å². The Morgan fingerprint density at radius 2 is 2.05 bits per heavy atom. The Balaban J connectivity index is 2.00. The molecule has 5 heteroatoms. The fourth-order valence-electron chi connectivity index (χ4n) is 2.77. The van der Waals surface area contributed by atoms with Crippen LogP contribution in [0.4, 0.5) is 10.5 Å². The average molecular weight is 323 g/mol. The molecule has 1 fully saturated rings. The minimum atomic E-state index is -0.280. The topological polar surface area (TPSA) is 50.4 Å². The monoisotopic (exact) mass is 322 g/mol. The van der Waals surface area contributed by atoms with Gasteiger partial charge in [-0.25, -0.2) is 4.79 Å². The van der Waals surface area contributed by atoms with Crippen molar-refractivity contribution in [2.45, 2.75) is 39.5 Å². The first kappa shape index (κ1) is 16.7. The molecule has 1 aromatic rings. The summed E-state index contributed by atoms with van der Waals surface area (Å²) in [5.74, 6) is 1.15. The van der Waals surface area contributed by atoms with Crippen LogP contribution in [-0.4, -0.2) is 13.1 Å². The van der Waals surface area contributed by atoms with Gasteiger partial charge in [0.15, 0.2) is 0 Å². The highest BCUT2D eigenvalue weighted by atomic mass is 35.5. The Labute approximate surface area is 136 Å². The van der Waals surface area contributed by atoms with Crippen LogP contribution in [0, 0.1) is 12.8 Å². The molecule has 0 aliphatic heterocycles. The Kier molecular flexibility index (Phi) is 5.72. The lowest BCUT2D eigenvalue weighted by Crippen LogP contribution is -2.25. The SMILES string of the molecule is COc1cc(Cl)c(C)cc1NC(=O)N/C=C(\C)C1CCCC1. The zero-order valence-corrected chi connectivity index (χ0v) is 14.1. The number of carbonyl (C=O) groups is 1. The maximum absolute atomic E-state index is 12.0. The molecule has 1 saturated carbocycles. The molecule has 4 nitrogen and oxygen atoms in total. The van der Waals surface area contributed by atoms with Gasteiger partial charge in [0, 0.05) is 17.3 Å². The van der Waals surface area contributed by atoms with E-state index in [0.29, 0.717) is 22.4 Å². The van der Waals surface area contributed by atoms with Gasteiger partial charge in [0.1, 0.15) is 5.75 Å². The number of anilines is 1. The fraction of sp³-hybridized carbons (Fsp3) is 0.471. The highest BCUT2D eigenvalue weighted by molar-refractivity contribution is 6.31. The van der Waals surface area contributed by atoms with Crippen LogP contribution in [0.25, 0.3) is 0 Å². The standard InChI is InChI=1S/C17H23ClN2O2/c1-11-8-15(16(22-3)9-14(11)18)20-17(21)19-10-12(2)13-6-4-5-7-13/h8-10,13H,4-7H2,1-3H3,(H2,19,20,21)/b12-10+. The van der Waals surface area contributed by atoms with Gasteiger partial charge in [-0.3, -0.25) is 0 Å². The summed E-state index contributed by atoms with van der Waals surface area (Å²) >= 11 is 6.06. The average Bonchev–Trinajstić information content (AvgIpc) is 3.02. The van der Waals surface area contributed by atoms with Crippen LogP contribution in [0.15, 0.2) is 23.9 Å². The number of hydrogen-bond donors (Lipinski definition) is 2. The first-order chi connectivity index (χ1) is 10.5.